The number of nitrogens with zero attached hydrogens (tertiary/aromatic N) is 1. The molecular weight excluding hydrogens is 415 g/mol. The van der Waals surface area contributed by atoms with Crippen LogP contribution in [0.1, 0.15) is 23.5 Å². The van der Waals surface area contributed by atoms with Crippen molar-refractivity contribution in [3.05, 3.63) is 77.9 Å². The highest BCUT2D eigenvalue weighted by Crippen LogP contribution is 2.38. The van der Waals surface area contributed by atoms with E-state index in [0.717, 1.165) is 29.8 Å². The van der Waals surface area contributed by atoms with Gasteiger partial charge in [0.1, 0.15) is 11.9 Å². The van der Waals surface area contributed by atoms with Gasteiger partial charge in [-0.3, -0.25) is 0 Å². The van der Waals surface area contributed by atoms with Crippen molar-refractivity contribution in [1.29, 1.82) is 0 Å². The van der Waals surface area contributed by atoms with Crippen LogP contribution in [-0.4, -0.2) is 35.9 Å². The average Bonchev–Trinajstić information content (AvgIpc) is 2.73. The molecule has 9 heteroatoms. The van der Waals surface area contributed by atoms with Crippen molar-refractivity contribution in [2.24, 2.45) is 0 Å². The fraction of sp³-hybridized carbons (Fsp3) is 0.273. The molecule has 2 aliphatic heterocycles. The van der Waals surface area contributed by atoms with Gasteiger partial charge in [-0.15, -0.1) is 0 Å². The first-order valence-electron chi connectivity index (χ1n) is 9.57. The number of rotatable bonds is 3. The maximum Gasteiger partial charge on any atom is 0.416 e. The summed E-state index contributed by atoms with van der Waals surface area (Å²) < 4.78 is 50.1. The number of alkyl halides is 3. The lowest BCUT2D eigenvalue weighted by Gasteiger charge is -2.43. The molecule has 0 aliphatic carbocycles. The van der Waals surface area contributed by atoms with Gasteiger partial charge in [-0.1, -0.05) is 35.4 Å². The first kappa shape index (κ1) is 20.9. The number of hydrogen-bond donors (Lipinski definition) is 0. The highest BCUT2D eigenvalue weighted by molar-refractivity contribution is 5.92. The Balaban J connectivity index is 1.64. The number of fused-ring (bicyclic) bond motifs is 1. The molecule has 3 atom stereocenters. The largest absolute Gasteiger partial charge is 0.490 e. The Kier molecular flexibility index (Phi) is 5.69. The molecule has 0 spiro atoms. The lowest BCUT2D eigenvalue weighted by Crippen LogP contribution is -2.54. The Bertz CT molecular complexity index is 975. The van der Waals surface area contributed by atoms with Gasteiger partial charge in [0, 0.05) is 25.1 Å². The third-order valence-electron chi connectivity index (χ3n) is 5.08. The van der Waals surface area contributed by atoms with Gasteiger partial charge in [-0.25, -0.2) is 9.59 Å². The Morgan fingerprint density at radius 3 is 2.29 bits per heavy atom. The van der Waals surface area contributed by atoms with Gasteiger partial charge in [0.15, 0.2) is 6.23 Å². The molecule has 6 nitrogen and oxygen atoms in total. The van der Waals surface area contributed by atoms with E-state index in [1.165, 1.54) is 17.2 Å². The molecular formula is C22H18F3NO5. The first-order chi connectivity index (χ1) is 14.8. The molecule has 31 heavy (non-hydrogen) atoms. The number of hydrogen-bond acceptors (Lipinski definition) is 6. The minimum atomic E-state index is -4.44. The number of carbonyl (C=O) groups excluding carboxylic acids is 2. The predicted molar refractivity (Wildman–Crippen MR) is 101 cm³/mol. The van der Waals surface area contributed by atoms with Crippen LogP contribution >= 0.6 is 0 Å². The molecule has 0 saturated carbocycles. The fourth-order valence-electron chi connectivity index (χ4n) is 3.68. The zero-order valence-corrected chi connectivity index (χ0v) is 16.1. The van der Waals surface area contributed by atoms with E-state index in [-0.39, 0.29) is 12.3 Å². The summed E-state index contributed by atoms with van der Waals surface area (Å²) in [5.41, 5.74) is -0.00978. The monoisotopic (exact) mass is 433 g/mol. The lowest BCUT2D eigenvalue weighted by atomic mass is 9.86. The summed E-state index contributed by atoms with van der Waals surface area (Å²) in [5, 5.41) is 1.30. The van der Waals surface area contributed by atoms with Gasteiger partial charge in [0.05, 0.1) is 11.5 Å². The van der Waals surface area contributed by atoms with Crippen LogP contribution in [0.15, 0.2) is 66.7 Å². The SMILES string of the molecule is O=C1/C=C\C(=O)ON2CCC(Oc3ccc(C(F)(F)F)cc3)C(c3ccccc3)C2O1. The maximum absolute atomic E-state index is 12.8. The highest BCUT2D eigenvalue weighted by Gasteiger charge is 2.45. The van der Waals surface area contributed by atoms with Crippen molar-refractivity contribution in [2.75, 3.05) is 6.54 Å². The van der Waals surface area contributed by atoms with Gasteiger partial charge in [-0.05, 0) is 29.8 Å². The van der Waals surface area contributed by atoms with E-state index in [4.69, 9.17) is 14.3 Å². The summed E-state index contributed by atoms with van der Waals surface area (Å²) in [4.78, 5) is 29.3. The molecule has 4 rings (SSSR count). The number of halogens is 3. The van der Waals surface area contributed by atoms with Gasteiger partial charge < -0.3 is 14.3 Å². The number of carbonyl (C=O) groups is 2. The fourth-order valence-corrected chi connectivity index (χ4v) is 3.68. The van der Waals surface area contributed by atoms with Crippen LogP contribution in [0.2, 0.25) is 0 Å². The topological polar surface area (TPSA) is 65.1 Å². The van der Waals surface area contributed by atoms with Crippen LogP contribution in [0.25, 0.3) is 0 Å². The first-order valence-corrected chi connectivity index (χ1v) is 9.57. The molecule has 0 amide bonds. The van der Waals surface area contributed by atoms with E-state index < -0.39 is 41.9 Å². The molecule has 2 heterocycles. The van der Waals surface area contributed by atoms with Crippen molar-refractivity contribution in [1.82, 2.24) is 5.06 Å². The van der Waals surface area contributed by atoms with Gasteiger partial charge in [0.25, 0.3) is 0 Å². The summed E-state index contributed by atoms with van der Waals surface area (Å²) in [6.45, 7) is 0.214. The van der Waals surface area contributed by atoms with Crippen LogP contribution in [0, 0.1) is 0 Å². The zero-order valence-electron chi connectivity index (χ0n) is 16.1. The molecule has 3 unspecified atom stereocenters. The number of piperidine rings is 1. The third-order valence-corrected chi connectivity index (χ3v) is 5.08. The lowest BCUT2D eigenvalue weighted by molar-refractivity contribution is -0.260. The molecule has 1 fully saturated rings. The molecule has 0 N–H and O–H groups in total. The van der Waals surface area contributed by atoms with Crippen molar-refractivity contribution in [3.63, 3.8) is 0 Å². The number of benzene rings is 2. The van der Waals surface area contributed by atoms with E-state index in [0.29, 0.717) is 6.42 Å². The van der Waals surface area contributed by atoms with E-state index in [2.05, 4.69) is 0 Å². The molecule has 1 saturated heterocycles. The van der Waals surface area contributed by atoms with Gasteiger partial charge in [-0.2, -0.15) is 13.2 Å². The molecule has 0 bridgehead atoms. The molecule has 0 aromatic heterocycles. The average molecular weight is 433 g/mol. The smallest absolute Gasteiger partial charge is 0.416 e. The van der Waals surface area contributed by atoms with Crippen LogP contribution < -0.4 is 4.74 Å². The second-order valence-corrected chi connectivity index (χ2v) is 7.12. The van der Waals surface area contributed by atoms with Crippen LogP contribution in [0.4, 0.5) is 13.2 Å². The quantitative estimate of drug-likeness (QED) is 0.686. The van der Waals surface area contributed by atoms with Crippen molar-refractivity contribution < 1.29 is 37.1 Å². The molecule has 2 aromatic rings. The highest BCUT2D eigenvalue weighted by atomic mass is 19.4. The molecule has 2 aliphatic rings. The summed E-state index contributed by atoms with van der Waals surface area (Å²) in [6.07, 6.45) is -3.59. The molecule has 162 valence electrons. The Morgan fingerprint density at radius 2 is 1.61 bits per heavy atom. The van der Waals surface area contributed by atoms with Crippen molar-refractivity contribution >= 4 is 11.9 Å². The summed E-state index contributed by atoms with van der Waals surface area (Å²) in [5.74, 6) is -1.71. The molecule has 0 radical (unpaired) electrons. The second-order valence-electron chi connectivity index (χ2n) is 7.12. The Hall–Kier alpha value is -3.33. The normalized spacial score (nSPS) is 25.5. The minimum absolute atomic E-state index is 0.214. The Morgan fingerprint density at radius 1 is 0.935 bits per heavy atom. The summed E-state index contributed by atoms with van der Waals surface area (Å²) >= 11 is 0. The van der Waals surface area contributed by atoms with Gasteiger partial charge in [0.2, 0.25) is 0 Å². The number of esters is 1. The molecule has 2 aromatic carbocycles. The zero-order chi connectivity index (χ0) is 22.0. The maximum atomic E-state index is 12.8. The van der Waals surface area contributed by atoms with E-state index in [1.54, 1.807) is 12.1 Å². The van der Waals surface area contributed by atoms with Crippen LogP contribution in [0.5, 0.6) is 5.75 Å². The van der Waals surface area contributed by atoms with Gasteiger partial charge >= 0.3 is 18.1 Å². The number of hydroxylamine groups is 2. The summed E-state index contributed by atoms with van der Waals surface area (Å²) in [7, 11) is 0. The van der Waals surface area contributed by atoms with E-state index >= 15 is 0 Å². The van der Waals surface area contributed by atoms with E-state index in [1.807, 2.05) is 18.2 Å². The standard InChI is InChI=1S/C22H18F3NO5/c23-22(24,25)15-6-8-16(9-7-15)29-17-12-13-26-21(20(17)14-4-2-1-3-5-14)30-18(27)10-11-19(28)31-26/h1-11,17,20-21H,12-13H2/b11-10-. The summed E-state index contributed by atoms with van der Waals surface area (Å²) in [6, 6.07) is 13.5. The van der Waals surface area contributed by atoms with Crippen LogP contribution in [0.3, 0.4) is 0 Å². The second kappa shape index (κ2) is 8.43. The Labute approximate surface area is 175 Å². The third kappa shape index (κ3) is 4.72. The van der Waals surface area contributed by atoms with Crippen molar-refractivity contribution in [2.45, 2.75) is 30.8 Å². The van der Waals surface area contributed by atoms with Crippen molar-refractivity contribution in [3.8, 4) is 5.75 Å². The van der Waals surface area contributed by atoms with E-state index in [9.17, 15) is 22.8 Å². The predicted octanol–water partition coefficient (Wildman–Crippen LogP) is 3.84. The minimum Gasteiger partial charge on any atom is -0.490 e. The van der Waals surface area contributed by atoms with Crippen LogP contribution in [-0.2, 0) is 25.3 Å². The number of ether oxygens (including phenoxy) is 2.